The number of benzene rings is 5. The van der Waals surface area contributed by atoms with Gasteiger partial charge in [-0.15, -0.1) is 0 Å². The van der Waals surface area contributed by atoms with Gasteiger partial charge >= 0.3 is 214 Å². The first kappa shape index (κ1) is 88.6. The molecule has 96 heavy (non-hydrogen) atoms. The Morgan fingerprint density at radius 3 is 0.469 bits per heavy atom. The van der Waals surface area contributed by atoms with Gasteiger partial charge in [0.2, 0.25) is 0 Å². The van der Waals surface area contributed by atoms with E-state index in [-0.39, 0.29) is 255 Å². The Morgan fingerprint density at radius 1 is 0.260 bits per heavy atom. The van der Waals surface area contributed by atoms with Crippen LogP contribution in [0.2, 0.25) is 0 Å². The minimum atomic E-state index is -1.99. The molecule has 30 nitrogen and oxygen atoms in total. The molecular weight excluding hydrogens is 1310 g/mol. The van der Waals surface area contributed by atoms with Crippen LogP contribution in [0.3, 0.4) is 0 Å². The Bertz CT molecular complexity index is 3240. The fraction of sp³-hybridized carbons (Fsp3) is 0.300. The van der Waals surface area contributed by atoms with Gasteiger partial charge < -0.3 is 123 Å². The number of nitrogens with one attached hydrogen (secondary N) is 12. The van der Waals surface area contributed by atoms with Crippen molar-refractivity contribution < 1.29 is 266 Å². The molecule has 0 radical (unpaired) electrons. The minimum Gasteiger partial charge on any atom is -0.545 e. The van der Waals surface area contributed by atoms with Crippen molar-refractivity contribution in [2.45, 2.75) is 119 Å². The Kier molecular flexibility index (Phi) is 36.9. The van der Waals surface area contributed by atoms with Crippen molar-refractivity contribution in [1.82, 2.24) is 31.9 Å². The number of fused-ring (bicyclic) bond motifs is 18. The molecule has 8 rings (SSSR count). The van der Waals surface area contributed by atoms with E-state index in [1.54, 1.807) is 41.5 Å². The molecule has 0 saturated carbocycles. The summed E-state index contributed by atoms with van der Waals surface area (Å²) in [7, 11) is 0. The summed E-state index contributed by atoms with van der Waals surface area (Å²) >= 11 is 0. The molecule has 6 bridgehead atoms. The van der Waals surface area contributed by atoms with Crippen molar-refractivity contribution >= 4 is 106 Å². The molecule has 36 heteroatoms. The Labute approximate surface area is 682 Å². The van der Waals surface area contributed by atoms with Crippen molar-refractivity contribution in [2.24, 2.45) is 0 Å². The SMILES string of the molecule is CCc1c2c(CC)c3c(CC)c1CNC(=O)Nc1cc(C(=O)[O-])c(C(=O)[O-])cc1NC(=O)NCc1c(CC)c(c(CC)c(c1CC)CNC(=O)Nc1cc(C(=O)[O-])c(C(=O)[O-])cc1NC(=O)NC3)CNC(=O)Nc1cc(C(=O)[O-])c(C(=O)[O-])cc1NC(=O)NC2.[Na+].[Na+].[Na+].[Na+].[Na+].[Na+]. The van der Waals surface area contributed by atoms with Gasteiger partial charge in [0.15, 0.2) is 0 Å². The van der Waals surface area contributed by atoms with Crippen LogP contribution >= 0.6 is 0 Å². The molecule has 0 aliphatic carbocycles. The molecule has 5 aromatic rings. The summed E-state index contributed by atoms with van der Waals surface area (Å²) in [6.07, 6.45) is 1.04. The second-order valence-corrected chi connectivity index (χ2v) is 20.3. The van der Waals surface area contributed by atoms with E-state index < -0.39 is 140 Å². The van der Waals surface area contributed by atoms with E-state index in [9.17, 15) is 88.2 Å². The van der Waals surface area contributed by atoms with Gasteiger partial charge in [-0.1, -0.05) is 41.5 Å². The largest absolute Gasteiger partial charge is 1.00 e. The van der Waals surface area contributed by atoms with E-state index >= 15 is 0 Å². The van der Waals surface area contributed by atoms with Crippen LogP contribution in [0.1, 0.15) is 170 Å². The summed E-state index contributed by atoms with van der Waals surface area (Å²) in [5.74, 6) is -11.9. The summed E-state index contributed by atoms with van der Waals surface area (Å²) < 4.78 is 0. The molecule has 474 valence electrons. The molecule has 3 heterocycles. The molecule has 0 saturated heterocycles. The third-order valence-electron chi connectivity index (χ3n) is 15.3. The average Bonchev–Trinajstić information content (AvgIpc) is 0.800. The third kappa shape index (κ3) is 20.8. The zero-order chi connectivity index (χ0) is 66.0. The third-order valence-corrected chi connectivity index (χ3v) is 15.3. The van der Waals surface area contributed by atoms with E-state index in [4.69, 9.17) is 0 Å². The maximum absolute atomic E-state index is 14.2. The molecule has 5 aromatic carbocycles. The molecular formula is C60H60N12Na6O18. The number of carbonyl (C=O) groups is 12. The molecule has 12 amide bonds. The van der Waals surface area contributed by atoms with Crippen LogP contribution in [-0.2, 0) is 77.8 Å². The molecule has 3 aliphatic rings. The smallest absolute Gasteiger partial charge is 0.545 e. The topological polar surface area (TPSA) is 488 Å². The zero-order valence-corrected chi connectivity index (χ0v) is 67.3. The molecule has 0 aromatic heterocycles. The van der Waals surface area contributed by atoms with E-state index in [2.05, 4.69) is 63.8 Å². The number of carbonyl (C=O) groups excluding carboxylic acids is 12. The summed E-state index contributed by atoms with van der Waals surface area (Å²) in [5, 5.41) is 105. The first-order valence-corrected chi connectivity index (χ1v) is 28.2. The van der Waals surface area contributed by atoms with E-state index in [1.807, 2.05) is 0 Å². The Hall–Kier alpha value is -5.46. The van der Waals surface area contributed by atoms with Crippen LogP contribution < -0.4 is 272 Å². The molecule has 3 aliphatic heterocycles. The summed E-state index contributed by atoms with van der Waals surface area (Å²) in [6.45, 7) is 8.17. The van der Waals surface area contributed by atoms with Crippen LogP contribution in [0.5, 0.6) is 0 Å². The van der Waals surface area contributed by atoms with Crippen LogP contribution in [0.25, 0.3) is 0 Å². The number of carboxylic acids is 6. The minimum absolute atomic E-state index is 0. The van der Waals surface area contributed by atoms with Gasteiger partial charge in [0.1, 0.15) is 0 Å². The van der Waals surface area contributed by atoms with Crippen molar-refractivity contribution in [3.8, 4) is 0 Å². The molecule has 12 N–H and O–H groups in total. The molecule has 0 unspecified atom stereocenters. The fourth-order valence-electron chi connectivity index (χ4n) is 11.5. The molecule has 0 spiro atoms. The maximum atomic E-state index is 14.2. The first-order valence-electron chi connectivity index (χ1n) is 28.2. The van der Waals surface area contributed by atoms with E-state index in [1.165, 1.54) is 0 Å². The van der Waals surface area contributed by atoms with Gasteiger partial charge in [-0.25, -0.2) is 28.8 Å². The molecule has 0 fully saturated rings. The number of hydrogen-bond acceptors (Lipinski definition) is 18. The van der Waals surface area contributed by atoms with Gasteiger partial charge in [-0.2, -0.15) is 0 Å². The summed E-state index contributed by atoms with van der Waals surface area (Å²) in [5.41, 5.74) is -2.81. The number of anilines is 6. The quantitative estimate of drug-likeness (QED) is 0.0516. The second-order valence-electron chi connectivity index (χ2n) is 20.3. The van der Waals surface area contributed by atoms with Crippen LogP contribution in [0, 0.1) is 0 Å². The zero-order valence-electron chi connectivity index (χ0n) is 55.3. The predicted molar refractivity (Wildman–Crippen MR) is 310 cm³/mol. The van der Waals surface area contributed by atoms with Crippen molar-refractivity contribution in [3.05, 3.63) is 137 Å². The Morgan fingerprint density at radius 2 is 0.375 bits per heavy atom. The van der Waals surface area contributed by atoms with Gasteiger partial charge in [0.25, 0.3) is 0 Å². The van der Waals surface area contributed by atoms with Crippen molar-refractivity contribution in [1.29, 1.82) is 0 Å². The average molecular weight is 1380 g/mol. The monoisotopic (exact) mass is 1370 g/mol. The van der Waals surface area contributed by atoms with Crippen LogP contribution in [0.15, 0.2) is 36.4 Å². The van der Waals surface area contributed by atoms with Crippen LogP contribution in [0.4, 0.5) is 62.9 Å². The second kappa shape index (κ2) is 40.0. The number of rotatable bonds is 12. The van der Waals surface area contributed by atoms with E-state index in [0.29, 0.717) is 66.8 Å². The van der Waals surface area contributed by atoms with Crippen molar-refractivity contribution in [3.63, 3.8) is 0 Å². The molecule has 0 atom stereocenters. The summed E-state index contributed by atoms with van der Waals surface area (Å²) in [6, 6.07) is -1.80. The van der Waals surface area contributed by atoms with Crippen molar-refractivity contribution in [2.75, 3.05) is 31.9 Å². The van der Waals surface area contributed by atoms with Gasteiger partial charge in [0.05, 0.1) is 69.9 Å². The Balaban J connectivity index is 0.00000768. The van der Waals surface area contributed by atoms with Crippen LogP contribution in [-0.4, -0.2) is 72.0 Å². The number of hydrogen-bond donors (Lipinski definition) is 12. The number of urea groups is 6. The first-order chi connectivity index (χ1) is 42.8. The normalized spacial score (nSPS) is 13.2. The van der Waals surface area contributed by atoms with Gasteiger partial charge in [-0.3, -0.25) is 0 Å². The number of amides is 12. The maximum Gasteiger partial charge on any atom is 1.00 e. The number of carboxylic acid groups (broad SMARTS) is 6. The fourth-order valence-corrected chi connectivity index (χ4v) is 11.5. The van der Waals surface area contributed by atoms with Gasteiger partial charge in [0, 0.05) is 72.6 Å². The van der Waals surface area contributed by atoms with E-state index in [0.717, 1.165) is 36.4 Å². The van der Waals surface area contributed by atoms with Gasteiger partial charge in [-0.05, 0) is 142 Å². The predicted octanol–water partition coefficient (Wildman–Crippen LogP) is -18.2. The number of aromatic carboxylic acids is 6. The summed E-state index contributed by atoms with van der Waals surface area (Å²) in [4.78, 5) is 160. The standard InChI is InChI=1S/C60H66N12O18.6Na/c1-7-25-37-19-61-55(85)67-43-13-31(49(73)74)33(51(77)78)15-45(43)70-58(88)64-22-40-28(10-4)41-23-65-59(89)71-46-16-34(52(79)80)32(50(75)76)14-44(46)68-56(86)62-20-38(25)27(9-3)39(26(37)8-2)21-63-57(87)69-47-17-35(53(81)82)36(54(83)84)18-48(47)72-60(90)66-24-42(29(40)11-5)30(41)12-6;;;;;;/h13-18H,7-12,19-24H2,1-6H3,(H,73,74)(H,75,76)(H,77,78)(H,79,80)(H,81,82)(H,83,84)(H2,61,67,85)(H2,62,68,86)(H2,63,69,87)(H2,64,70,88)(H2,65,71,89)(H2,66,72,90);;;;;;/q;6*+1/p-6.